The SMILES string of the molecule is O=C(/C=C/c1ccc(Cl)cc1)NCCCc1cnoc1. The molecule has 20 heavy (non-hydrogen) atoms. The normalized spacial score (nSPS) is 10.8. The van der Waals surface area contributed by atoms with Gasteiger partial charge in [0.2, 0.25) is 5.91 Å². The van der Waals surface area contributed by atoms with Gasteiger partial charge in [0.15, 0.2) is 0 Å². The van der Waals surface area contributed by atoms with Crippen LogP contribution in [0.25, 0.3) is 6.08 Å². The molecule has 5 heteroatoms. The van der Waals surface area contributed by atoms with Crippen molar-refractivity contribution in [1.29, 1.82) is 0 Å². The van der Waals surface area contributed by atoms with E-state index in [2.05, 4.69) is 10.5 Å². The van der Waals surface area contributed by atoms with Gasteiger partial charge in [-0.05, 0) is 36.6 Å². The lowest BCUT2D eigenvalue weighted by Crippen LogP contribution is -2.22. The van der Waals surface area contributed by atoms with Crippen molar-refractivity contribution >= 4 is 23.6 Å². The molecule has 0 unspecified atom stereocenters. The molecule has 0 aliphatic carbocycles. The van der Waals surface area contributed by atoms with E-state index in [1.165, 1.54) is 6.08 Å². The van der Waals surface area contributed by atoms with Crippen LogP contribution >= 0.6 is 11.6 Å². The number of aryl methyl sites for hydroxylation is 1. The van der Waals surface area contributed by atoms with Gasteiger partial charge in [0.1, 0.15) is 6.26 Å². The Labute approximate surface area is 122 Å². The Morgan fingerprint density at radius 3 is 2.85 bits per heavy atom. The van der Waals surface area contributed by atoms with Crippen LogP contribution in [0, 0.1) is 0 Å². The summed E-state index contributed by atoms with van der Waals surface area (Å²) in [7, 11) is 0. The highest BCUT2D eigenvalue weighted by Crippen LogP contribution is 2.10. The molecule has 1 aromatic heterocycles. The third-order valence-electron chi connectivity index (χ3n) is 2.72. The average Bonchev–Trinajstić information content (AvgIpc) is 2.96. The second-order valence-corrected chi connectivity index (χ2v) is 4.75. The first-order valence-corrected chi connectivity index (χ1v) is 6.71. The molecule has 0 spiro atoms. The van der Waals surface area contributed by atoms with Gasteiger partial charge in [0.25, 0.3) is 0 Å². The van der Waals surface area contributed by atoms with Gasteiger partial charge in [-0.15, -0.1) is 0 Å². The lowest BCUT2D eigenvalue weighted by Gasteiger charge is -2.00. The molecule has 0 radical (unpaired) electrons. The third-order valence-corrected chi connectivity index (χ3v) is 2.97. The largest absolute Gasteiger partial charge is 0.364 e. The monoisotopic (exact) mass is 290 g/mol. The maximum Gasteiger partial charge on any atom is 0.243 e. The fourth-order valence-corrected chi connectivity index (χ4v) is 1.78. The minimum Gasteiger partial charge on any atom is -0.364 e. The first-order chi connectivity index (χ1) is 9.74. The number of benzene rings is 1. The third kappa shape index (κ3) is 4.90. The number of amides is 1. The smallest absolute Gasteiger partial charge is 0.243 e. The van der Waals surface area contributed by atoms with E-state index in [1.54, 1.807) is 30.7 Å². The first-order valence-electron chi connectivity index (χ1n) is 6.34. The predicted octanol–water partition coefficient (Wildman–Crippen LogP) is 3.09. The zero-order chi connectivity index (χ0) is 14.2. The lowest BCUT2D eigenvalue weighted by molar-refractivity contribution is -0.116. The zero-order valence-electron chi connectivity index (χ0n) is 10.9. The molecule has 0 aliphatic heterocycles. The molecule has 2 rings (SSSR count). The quantitative estimate of drug-likeness (QED) is 0.657. The van der Waals surface area contributed by atoms with Crippen LogP contribution in [-0.4, -0.2) is 17.6 Å². The number of carbonyl (C=O) groups excluding carboxylic acids is 1. The average molecular weight is 291 g/mol. The van der Waals surface area contributed by atoms with E-state index in [4.69, 9.17) is 16.1 Å². The highest BCUT2D eigenvalue weighted by atomic mass is 35.5. The lowest BCUT2D eigenvalue weighted by atomic mass is 10.2. The number of hydrogen-bond donors (Lipinski definition) is 1. The van der Waals surface area contributed by atoms with E-state index in [1.807, 2.05) is 12.1 Å². The standard InChI is InChI=1S/C15H15ClN2O2/c16-14-6-3-12(4-7-14)5-8-15(19)17-9-1-2-13-10-18-20-11-13/h3-8,10-11H,1-2,9H2,(H,17,19)/b8-5+. The molecule has 1 amide bonds. The van der Waals surface area contributed by atoms with Crippen molar-refractivity contribution in [3.8, 4) is 0 Å². The maximum absolute atomic E-state index is 11.6. The van der Waals surface area contributed by atoms with Crippen molar-refractivity contribution in [2.45, 2.75) is 12.8 Å². The van der Waals surface area contributed by atoms with Crippen LogP contribution in [0.4, 0.5) is 0 Å². The van der Waals surface area contributed by atoms with Crippen LogP contribution in [0.1, 0.15) is 17.5 Å². The van der Waals surface area contributed by atoms with Crippen molar-refractivity contribution in [3.63, 3.8) is 0 Å². The highest BCUT2D eigenvalue weighted by Gasteiger charge is 1.98. The minimum atomic E-state index is -0.106. The minimum absolute atomic E-state index is 0.106. The van der Waals surface area contributed by atoms with Crippen molar-refractivity contribution < 1.29 is 9.32 Å². The van der Waals surface area contributed by atoms with Crippen LogP contribution < -0.4 is 5.32 Å². The summed E-state index contributed by atoms with van der Waals surface area (Å²) in [6.07, 6.45) is 8.26. The summed E-state index contributed by atoms with van der Waals surface area (Å²) in [6.45, 7) is 0.620. The van der Waals surface area contributed by atoms with E-state index in [0.29, 0.717) is 11.6 Å². The molecule has 0 saturated heterocycles. The molecule has 1 aromatic carbocycles. The number of halogens is 1. The van der Waals surface area contributed by atoms with Crippen LogP contribution in [0.3, 0.4) is 0 Å². The Hall–Kier alpha value is -2.07. The molecule has 0 atom stereocenters. The van der Waals surface area contributed by atoms with Gasteiger partial charge in [0, 0.05) is 23.2 Å². The van der Waals surface area contributed by atoms with Crippen molar-refractivity contribution in [2.75, 3.05) is 6.54 Å². The van der Waals surface area contributed by atoms with Crippen LogP contribution in [0.5, 0.6) is 0 Å². The topological polar surface area (TPSA) is 55.1 Å². The second kappa shape index (κ2) is 7.50. The first kappa shape index (κ1) is 14.3. The summed E-state index contributed by atoms with van der Waals surface area (Å²) in [5, 5.41) is 7.13. The van der Waals surface area contributed by atoms with E-state index in [-0.39, 0.29) is 5.91 Å². The Morgan fingerprint density at radius 2 is 2.15 bits per heavy atom. The van der Waals surface area contributed by atoms with E-state index < -0.39 is 0 Å². The van der Waals surface area contributed by atoms with Crippen molar-refractivity contribution in [2.24, 2.45) is 0 Å². The van der Waals surface area contributed by atoms with Gasteiger partial charge in [0.05, 0.1) is 6.20 Å². The summed E-state index contributed by atoms with van der Waals surface area (Å²) in [4.78, 5) is 11.6. The van der Waals surface area contributed by atoms with E-state index in [9.17, 15) is 4.79 Å². The molecule has 2 aromatic rings. The number of carbonyl (C=O) groups is 1. The highest BCUT2D eigenvalue weighted by molar-refractivity contribution is 6.30. The van der Waals surface area contributed by atoms with Crippen LogP contribution in [-0.2, 0) is 11.2 Å². The zero-order valence-corrected chi connectivity index (χ0v) is 11.6. The number of aromatic nitrogens is 1. The van der Waals surface area contributed by atoms with E-state index >= 15 is 0 Å². The fraction of sp³-hybridized carbons (Fsp3) is 0.200. The molecule has 0 aliphatic rings. The van der Waals surface area contributed by atoms with Crippen molar-refractivity contribution in [1.82, 2.24) is 10.5 Å². The molecule has 4 nitrogen and oxygen atoms in total. The van der Waals surface area contributed by atoms with Gasteiger partial charge >= 0.3 is 0 Å². The van der Waals surface area contributed by atoms with Gasteiger partial charge in [-0.2, -0.15) is 0 Å². The molecular formula is C15H15ClN2O2. The van der Waals surface area contributed by atoms with Crippen molar-refractivity contribution in [3.05, 3.63) is 59.0 Å². The summed E-state index contributed by atoms with van der Waals surface area (Å²) in [5.41, 5.74) is 1.98. The summed E-state index contributed by atoms with van der Waals surface area (Å²) in [6, 6.07) is 7.30. The molecule has 1 N–H and O–H groups in total. The Kier molecular flexibility index (Phi) is 5.38. The molecule has 104 valence electrons. The number of rotatable bonds is 6. The van der Waals surface area contributed by atoms with Gasteiger partial charge < -0.3 is 9.84 Å². The maximum atomic E-state index is 11.6. The molecule has 0 fully saturated rings. The summed E-state index contributed by atoms with van der Waals surface area (Å²) < 4.78 is 4.73. The Morgan fingerprint density at radius 1 is 1.35 bits per heavy atom. The van der Waals surface area contributed by atoms with Gasteiger partial charge in [-0.1, -0.05) is 28.9 Å². The van der Waals surface area contributed by atoms with Crippen LogP contribution in [0.15, 0.2) is 47.3 Å². The fourth-order valence-electron chi connectivity index (χ4n) is 1.66. The molecule has 0 bridgehead atoms. The number of nitrogens with one attached hydrogen (secondary N) is 1. The summed E-state index contributed by atoms with van der Waals surface area (Å²) in [5.74, 6) is -0.106. The summed E-state index contributed by atoms with van der Waals surface area (Å²) >= 11 is 5.79. The predicted molar refractivity (Wildman–Crippen MR) is 78.3 cm³/mol. The second-order valence-electron chi connectivity index (χ2n) is 4.31. The number of hydrogen-bond acceptors (Lipinski definition) is 3. The molecule has 1 heterocycles. The van der Waals surface area contributed by atoms with Gasteiger partial charge in [-0.3, -0.25) is 4.79 Å². The van der Waals surface area contributed by atoms with Crippen LogP contribution in [0.2, 0.25) is 5.02 Å². The Bertz CT molecular complexity index is 562. The number of nitrogens with zero attached hydrogens (tertiary/aromatic N) is 1. The van der Waals surface area contributed by atoms with E-state index in [0.717, 1.165) is 24.0 Å². The Balaban J connectivity index is 1.68. The molecule has 0 saturated carbocycles. The van der Waals surface area contributed by atoms with Gasteiger partial charge in [-0.25, -0.2) is 0 Å². The molecular weight excluding hydrogens is 276 g/mol.